The van der Waals surface area contributed by atoms with Crippen LogP contribution in [0.2, 0.25) is 0 Å². The molecule has 0 fully saturated rings. The van der Waals surface area contributed by atoms with Crippen LogP contribution in [0.15, 0.2) is 36.7 Å². The molecule has 0 saturated heterocycles. The van der Waals surface area contributed by atoms with E-state index in [1.165, 1.54) is 16.8 Å². The number of fused-ring (bicyclic) bond motifs is 1. The van der Waals surface area contributed by atoms with Crippen LogP contribution in [0.3, 0.4) is 0 Å². The van der Waals surface area contributed by atoms with Gasteiger partial charge in [0, 0.05) is 18.0 Å². The highest BCUT2D eigenvalue weighted by molar-refractivity contribution is 5.89. The molecule has 2 heteroatoms. The maximum Gasteiger partial charge on any atom is 0.0724 e. The highest BCUT2D eigenvalue weighted by Gasteiger charge is 2.17. The lowest BCUT2D eigenvalue weighted by Crippen LogP contribution is -1.90. The van der Waals surface area contributed by atoms with Crippen molar-refractivity contribution in [3.8, 4) is 16.8 Å². The van der Waals surface area contributed by atoms with Crippen LogP contribution in [0.5, 0.6) is 0 Å². The molecule has 1 heterocycles. The first-order valence-corrected chi connectivity index (χ1v) is 3.59. The van der Waals surface area contributed by atoms with Gasteiger partial charge in [0.1, 0.15) is 0 Å². The van der Waals surface area contributed by atoms with E-state index in [1.807, 2.05) is 16.9 Å². The van der Waals surface area contributed by atoms with Crippen molar-refractivity contribution in [3.63, 3.8) is 0 Å². The molecule has 2 aliphatic carbocycles. The highest BCUT2D eigenvalue weighted by Crippen LogP contribution is 2.39. The van der Waals surface area contributed by atoms with E-state index in [-0.39, 0.29) is 0 Å². The van der Waals surface area contributed by atoms with Gasteiger partial charge in [0.05, 0.1) is 5.69 Å². The Bertz CT molecular complexity index is 402. The van der Waals surface area contributed by atoms with Gasteiger partial charge in [0.2, 0.25) is 0 Å². The second-order valence-electron chi connectivity index (χ2n) is 2.68. The molecule has 0 radical (unpaired) electrons. The van der Waals surface area contributed by atoms with Crippen molar-refractivity contribution in [2.75, 3.05) is 0 Å². The van der Waals surface area contributed by atoms with Crippen LogP contribution in [-0.2, 0) is 0 Å². The average molecular weight is 142 g/mol. The molecule has 0 unspecified atom stereocenters. The molecule has 0 aliphatic heterocycles. The van der Waals surface area contributed by atoms with Crippen molar-refractivity contribution in [3.05, 3.63) is 36.7 Å². The van der Waals surface area contributed by atoms with Crippen LogP contribution in [0.1, 0.15) is 0 Å². The van der Waals surface area contributed by atoms with Crippen LogP contribution in [0.25, 0.3) is 16.8 Å². The van der Waals surface area contributed by atoms with Gasteiger partial charge in [-0.05, 0) is 23.8 Å². The molecule has 52 valence electrons. The topological polar surface area (TPSA) is 17.8 Å². The smallest absolute Gasteiger partial charge is 0.0724 e. The molecule has 0 amide bonds. The third-order valence-corrected chi connectivity index (χ3v) is 1.98. The van der Waals surface area contributed by atoms with E-state index >= 15 is 0 Å². The molecule has 0 saturated carbocycles. The van der Waals surface area contributed by atoms with Gasteiger partial charge in [0.25, 0.3) is 0 Å². The quantitative estimate of drug-likeness (QED) is 0.507. The largest absolute Gasteiger partial charge is 0.240 e. The second kappa shape index (κ2) is 1.53. The van der Waals surface area contributed by atoms with Crippen LogP contribution in [0.4, 0.5) is 0 Å². The predicted octanol–water partition coefficient (Wildman–Crippen LogP) is 1.85. The summed E-state index contributed by atoms with van der Waals surface area (Å²) in [6.45, 7) is 0. The number of rotatable bonds is 1. The van der Waals surface area contributed by atoms with Crippen LogP contribution in [-0.4, -0.2) is 9.78 Å². The first-order valence-electron chi connectivity index (χ1n) is 3.59. The molecule has 3 rings (SSSR count). The Labute approximate surface area is 64.1 Å². The molecule has 0 N–H and O–H groups in total. The maximum absolute atomic E-state index is 4.15. The summed E-state index contributed by atoms with van der Waals surface area (Å²) in [7, 11) is 0. The minimum atomic E-state index is 1.20. The Morgan fingerprint density at radius 3 is 2.82 bits per heavy atom. The van der Waals surface area contributed by atoms with Crippen molar-refractivity contribution >= 4 is 0 Å². The molecule has 2 aliphatic rings. The molecule has 0 spiro atoms. The van der Waals surface area contributed by atoms with E-state index in [4.69, 9.17) is 0 Å². The highest BCUT2D eigenvalue weighted by atomic mass is 15.3. The first kappa shape index (κ1) is 5.13. The predicted molar refractivity (Wildman–Crippen MR) is 42.6 cm³/mol. The fourth-order valence-corrected chi connectivity index (χ4v) is 1.35. The van der Waals surface area contributed by atoms with E-state index in [0.29, 0.717) is 0 Å². The Morgan fingerprint density at radius 2 is 2.27 bits per heavy atom. The van der Waals surface area contributed by atoms with Crippen molar-refractivity contribution in [2.24, 2.45) is 0 Å². The minimum Gasteiger partial charge on any atom is -0.240 e. The lowest BCUT2D eigenvalue weighted by molar-refractivity contribution is 0.887. The standard InChI is InChI=1S/C9H6N2/c1-4-10-11(5-1)9-3-2-7-6-8(7)9/h1-6H. The van der Waals surface area contributed by atoms with Crippen LogP contribution >= 0.6 is 0 Å². The van der Waals surface area contributed by atoms with Crippen LogP contribution in [0, 0.1) is 0 Å². The third kappa shape index (κ3) is 0.584. The molecule has 1 aromatic rings. The summed E-state index contributed by atoms with van der Waals surface area (Å²) in [5.74, 6) is 0. The Morgan fingerprint density at radius 1 is 1.27 bits per heavy atom. The van der Waals surface area contributed by atoms with E-state index < -0.39 is 0 Å². The van der Waals surface area contributed by atoms with Gasteiger partial charge < -0.3 is 0 Å². The third-order valence-electron chi connectivity index (χ3n) is 1.98. The van der Waals surface area contributed by atoms with Gasteiger partial charge in [-0.2, -0.15) is 5.10 Å². The van der Waals surface area contributed by atoms with E-state index in [9.17, 15) is 0 Å². The van der Waals surface area contributed by atoms with Gasteiger partial charge in [-0.25, -0.2) is 4.68 Å². The van der Waals surface area contributed by atoms with Gasteiger partial charge in [0.15, 0.2) is 0 Å². The van der Waals surface area contributed by atoms with Gasteiger partial charge >= 0.3 is 0 Å². The number of nitrogens with zero attached hydrogens (tertiary/aromatic N) is 2. The van der Waals surface area contributed by atoms with Crippen molar-refractivity contribution in [1.29, 1.82) is 0 Å². The average Bonchev–Trinajstić information content (AvgIpc) is 2.54. The monoisotopic (exact) mass is 142 g/mol. The summed E-state index contributed by atoms with van der Waals surface area (Å²) in [5, 5.41) is 4.15. The Kier molecular flexibility index (Phi) is 0.714. The second-order valence-corrected chi connectivity index (χ2v) is 2.68. The molecular weight excluding hydrogens is 136 g/mol. The molecule has 0 bridgehead atoms. The summed E-state index contributed by atoms with van der Waals surface area (Å²) >= 11 is 0. The van der Waals surface area contributed by atoms with Crippen molar-refractivity contribution < 1.29 is 0 Å². The molecule has 0 aromatic carbocycles. The number of benzene rings is 1. The summed E-state index contributed by atoms with van der Waals surface area (Å²) in [6, 6.07) is 8.31. The molecule has 2 nitrogen and oxygen atoms in total. The number of aromatic nitrogens is 2. The van der Waals surface area contributed by atoms with Crippen molar-refractivity contribution in [2.45, 2.75) is 0 Å². The number of hydrogen-bond acceptors (Lipinski definition) is 1. The lowest BCUT2D eigenvalue weighted by Gasteiger charge is -1.94. The fraction of sp³-hybridized carbons (Fsp3) is 0. The van der Waals surface area contributed by atoms with Crippen molar-refractivity contribution in [1.82, 2.24) is 9.78 Å². The normalized spacial score (nSPS) is 11.6. The molecular formula is C9H6N2. The Balaban J connectivity index is 2.21. The fourth-order valence-electron chi connectivity index (χ4n) is 1.35. The zero-order valence-corrected chi connectivity index (χ0v) is 5.86. The summed E-state index contributed by atoms with van der Waals surface area (Å²) in [4.78, 5) is 0. The lowest BCUT2D eigenvalue weighted by atomic mass is 10.4. The van der Waals surface area contributed by atoms with E-state index in [2.05, 4.69) is 23.3 Å². The molecule has 1 aromatic heterocycles. The zero-order valence-electron chi connectivity index (χ0n) is 5.86. The van der Waals surface area contributed by atoms with Gasteiger partial charge in [-0.3, -0.25) is 0 Å². The first-order chi connectivity index (χ1) is 5.45. The summed E-state index contributed by atoms with van der Waals surface area (Å²) in [5.41, 5.74) is 3.90. The Hall–Kier alpha value is -1.57. The molecule has 0 atom stereocenters. The van der Waals surface area contributed by atoms with E-state index in [0.717, 1.165) is 0 Å². The van der Waals surface area contributed by atoms with E-state index in [1.54, 1.807) is 6.20 Å². The van der Waals surface area contributed by atoms with Gasteiger partial charge in [-0.1, -0.05) is 6.07 Å². The minimum absolute atomic E-state index is 1.20. The summed E-state index contributed by atoms with van der Waals surface area (Å²) < 4.78 is 1.89. The number of hydrogen-bond donors (Lipinski definition) is 0. The SMILES string of the molecule is c1cnn(-c2ccc3cc2-3)c1. The summed E-state index contributed by atoms with van der Waals surface area (Å²) in [6.07, 6.45) is 3.75. The van der Waals surface area contributed by atoms with Gasteiger partial charge in [-0.15, -0.1) is 0 Å². The van der Waals surface area contributed by atoms with Crippen LogP contribution < -0.4 is 0 Å². The molecule has 11 heavy (non-hydrogen) atoms. The zero-order chi connectivity index (χ0) is 7.26. The maximum atomic E-state index is 4.15.